The maximum absolute atomic E-state index is 10.4. The molecule has 4 N–H and O–H groups in total. The Morgan fingerprint density at radius 1 is 1.80 bits per heavy atom. The van der Waals surface area contributed by atoms with Crippen LogP contribution in [0.2, 0.25) is 0 Å². The number of aryl methyl sites for hydroxylation is 2. The number of nitrogens with zero attached hydrogens (tertiary/aromatic N) is 2. The Kier molecular flexibility index (Phi) is 3.81. The van der Waals surface area contributed by atoms with Gasteiger partial charge in [-0.2, -0.15) is 5.10 Å². The maximum Gasteiger partial charge on any atom is 0.321 e. The van der Waals surface area contributed by atoms with Crippen LogP contribution in [0.15, 0.2) is 6.20 Å². The van der Waals surface area contributed by atoms with E-state index in [0.29, 0.717) is 6.54 Å². The number of nitrogens with two attached hydrogens (primary N) is 1. The topological polar surface area (TPSA) is 93.2 Å². The molecule has 1 unspecified atom stereocenters. The second-order valence-electron chi connectivity index (χ2n) is 3.49. The van der Waals surface area contributed by atoms with E-state index in [1.807, 2.05) is 20.2 Å². The molecule has 6 heteroatoms. The van der Waals surface area contributed by atoms with Gasteiger partial charge in [0.15, 0.2) is 0 Å². The monoisotopic (exact) mass is 212 g/mol. The summed E-state index contributed by atoms with van der Waals surface area (Å²) >= 11 is 0. The van der Waals surface area contributed by atoms with E-state index < -0.39 is 12.0 Å². The molecule has 0 fully saturated rings. The molecule has 0 radical (unpaired) electrons. The van der Waals surface area contributed by atoms with Crippen molar-refractivity contribution in [3.63, 3.8) is 0 Å². The number of carboxylic acids is 1. The SMILES string of the molecule is Cc1nn(C)cc1CNCC(N)C(=O)O. The predicted molar refractivity (Wildman–Crippen MR) is 55.3 cm³/mol. The molecule has 0 aromatic carbocycles. The van der Waals surface area contributed by atoms with Gasteiger partial charge in [0.1, 0.15) is 6.04 Å². The molecule has 0 spiro atoms. The van der Waals surface area contributed by atoms with E-state index in [4.69, 9.17) is 10.8 Å². The number of aromatic nitrogens is 2. The van der Waals surface area contributed by atoms with Gasteiger partial charge in [0.05, 0.1) is 5.69 Å². The summed E-state index contributed by atoms with van der Waals surface area (Å²) in [5.41, 5.74) is 7.33. The molecular formula is C9H16N4O2. The number of carbonyl (C=O) groups is 1. The largest absolute Gasteiger partial charge is 0.480 e. The van der Waals surface area contributed by atoms with Gasteiger partial charge >= 0.3 is 5.97 Å². The van der Waals surface area contributed by atoms with Crippen LogP contribution in [0.5, 0.6) is 0 Å². The van der Waals surface area contributed by atoms with Gasteiger partial charge in [0.25, 0.3) is 0 Å². The molecule has 1 aromatic rings. The highest BCUT2D eigenvalue weighted by Crippen LogP contribution is 2.03. The summed E-state index contributed by atoms with van der Waals surface area (Å²) in [7, 11) is 1.85. The maximum atomic E-state index is 10.4. The molecule has 0 aliphatic heterocycles. The Balaban J connectivity index is 2.38. The molecule has 0 amide bonds. The molecule has 15 heavy (non-hydrogen) atoms. The van der Waals surface area contributed by atoms with Crippen LogP contribution < -0.4 is 11.1 Å². The lowest BCUT2D eigenvalue weighted by Crippen LogP contribution is -2.40. The fraction of sp³-hybridized carbons (Fsp3) is 0.556. The van der Waals surface area contributed by atoms with Gasteiger partial charge in [-0.25, -0.2) is 0 Å². The van der Waals surface area contributed by atoms with E-state index in [1.54, 1.807) is 4.68 Å². The van der Waals surface area contributed by atoms with Crippen LogP contribution in [0.4, 0.5) is 0 Å². The highest BCUT2D eigenvalue weighted by Gasteiger charge is 2.10. The quantitative estimate of drug-likeness (QED) is 0.596. The first-order chi connectivity index (χ1) is 7.00. The lowest BCUT2D eigenvalue weighted by molar-refractivity contribution is -0.138. The van der Waals surface area contributed by atoms with E-state index in [2.05, 4.69) is 10.4 Å². The van der Waals surface area contributed by atoms with Crippen molar-refractivity contribution in [2.45, 2.75) is 19.5 Å². The van der Waals surface area contributed by atoms with Crippen molar-refractivity contribution in [1.82, 2.24) is 15.1 Å². The first-order valence-corrected chi connectivity index (χ1v) is 4.69. The third kappa shape index (κ3) is 3.34. The van der Waals surface area contributed by atoms with Crippen molar-refractivity contribution in [1.29, 1.82) is 0 Å². The fourth-order valence-corrected chi connectivity index (χ4v) is 1.27. The molecule has 0 saturated carbocycles. The van der Waals surface area contributed by atoms with Gasteiger partial charge in [-0.15, -0.1) is 0 Å². The zero-order valence-corrected chi connectivity index (χ0v) is 8.90. The van der Waals surface area contributed by atoms with Gasteiger partial charge in [-0.05, 0) is 6.92 Å². The highest BCUT2D eigenvalue weighted by atomic mass is 16.4. The van der Waals surface area contributed by atoms with Crippen LogP contribution in [0, 0.1) is 6.92 Å². The summed E-state index contributed by atoms with van der Waals surface area (Å²) in [6, 6.07) is -0.859. The van der Waals surface area contributed by atoms with Crippen LogP contribution in [0.25, 0.3) is 0 Å². The van der Waals surface area contributed by atoms with Gasteiger partial charge in [-0.1, -0.05) is 0 Å². The average Bonchev–Trinajstić information content (AvgIpc) is 2.45. The summed E-state index contributed by atoms with van der Waals surface area (Å²) < 4.78 is 1.73. The summed E-state index contributed by atoms with van der Waals surface area (Å²) in [4.78, 5) is 10.4. The molecule has 84 valence electrons. The highest BCUT2D eigenvalue weighted by molar-refractivity contribution is 5.73. The minimum absolute atomic E-state index is 0.254. The van der Waals surface area contributed by atoms with Crippen LogP contribution in [0.1, 0.15) is 11.3 Å². The Hall–Kier alpha value is -1.40. The molecule has 0 saturated heterocycles. The van der Waals surface area contributed by atoms with E-state index in [1.165, 1.54) is 0 Å². The molecule has 6 nitrogen and oxygen atoms in total. The lowest BCUT2D eigenvalue weighted by atomic mass is 10.2. The molecule has 0 aliphatic rings. The Morgan fingerprint density at radius 3 is 2.93 bits per heavy atom. The van der Waals surface area contributed by atoms with Crippen LogP contribution in [-0.4, -0.2) is 33.4 Å². The van der Waals surface area contributed by atoms with Crippen molar-refractivity contribution < 1.29 is 9.90 Å². The van der Waals surface area contributed by atoms with Crippen molar-refractivity contribution >= 4 is 5.97 Å². The van der Waals surface area contributed by atoms with E-state index in [9.17, 15) is 4.79 Å². The smallest absolute Gasteiger partial charge is 0.321 e. The van der Waals surface area contributed by atoms with Crippen LogP contribution >= 0.6 is 0 Å². The van der Waals surface area contributed by atoms with E-state index in [0.717, 1.165) is 11.3 Å². The number of aliphatic carboxylic acids is 1. The molecule has 1 atom stereocenters. The van der Waals surface area contributed by atoms with Crippen LogP contribution in [0.3, 0.4) is 0 Å². The summed E-state index contributed by atoms with van der Waals surface area (Å²) in [6.07, 6.45) is 1.90. The zero-order chi connectivity index (χ0) is 11.4. The van der Waals surface area contributed by atoms with Gasteiger partial charge < -0.3 is 16.2 Å². The van der Waals surface area contributed by atoms with Gasteiger partial charge in [0, 0.05) is 31.9 Å². The number of hydrogen-bond acceptors (Lipinski definition) is 4. The van der Waals surface area contributed by atoms with Gasteiger partial charge in [-0.3, -0.25) is 9.48 Å². The fourth-order valence-electron chi connectivity index (χ4n) is 1.27. The summed E-state index contributed by atoms with van der Waals surface area (Å²) in [5.74, 6) is -0.995. The standard InChI is InChI=1S/C9H16N4O2/c1-6-7(5-13(2)12-6)3-11-4-8(10)9(14)15/h5,8,11H,3-4,10H2,1-2H3,(H,14,15). The third-order valence-corrected chi connectivity index (χ3v) is 2.11. The van der Waals surface area contributed by atoms with E-state index in [-0.39, 0.29) is 6.54 Å². The second-order valence-corrected chi connectivity index (χ2v) is 3.49. The Morgan fingerprint density at radius 2 is 2.47 bits per heavy atom. The van der Waals surface area contributed by atoms with Crippen molar-refractivity contribution in [3.8, 4) is 0 Å². The summed E-state index contributed by atoms with van der Waals surface area (Å²) in [5, 5.41) is 15.7. The summed E-state index contributed by atoms with van der Waals surface area (Å²) in [6.45, 7) is 2.75. The predicted octanol–water partition coefficient (Wildman–Crippen LogP) is -0.770. The van der Waals surface area contributed by atoms with Crippen LogP contribution in [-0.2, 0) is 18.4 Å². The molecule has 1 rings (SSSR count). The zero-order valence-electron chi connectivity index (χ0n) is 8.90. The average molecular weight is 212 g/mol. The van der Waals surface area contributed by atoms with E-state index >= 15 is 0 Å². The number of rotatable bonds is 5. The number of nitrogens with one attached hydrogen (secondary N) is 1. The Labute approximate surface area is 88.1 Å². The third-order valence-electron chi connectivity index (χ3n) is 2.11. The normalized spacial score (nSPS) is 12.7. The molecule has 1 aromatic heterocycles. The lowest BCUT2D eigenvalue weighted by Gasteiger charge is -2.07. The minimum Gasteiger partial charge on any atom is -0.480 e. The number of hydrogen-bond donors (Lipinski definition) is 3. The minimum atomic E-state index is -0.995. The first kappa shape index (κ1) is 11.7. The molecule has 0 aliphatic carbocycles. The molecule has 1 heterocycles. The van der Waals surface area contributed by atoms with Crippen molar-refractivity contribution in [2.24, 2.45) is 12.8 Å². The second kappa shape index (κ2) is 4.90. The first-order valence-electron chi connectivity index (χ1n) is 4.69. The number of carboxylic acid groups (broad SMARTS) is 1. The van der Waals surface area contributed by atoms with Crippen molar-refractivity contribution in [3.05, 3.63) is 17.5 Å². The molecular weight excluding hydrogens is 196 g/mol. The molecule has 0 bridgehead atoms. The van der Waals surface area contributed by atoms with Crippen molar-refractivity contribution in [2.75, 3.05) is 6.54 Å². The van der Waals surface area contributed by atoms with Gasteiger partial charge in [0.2, 0.25) is 0 Å². The Bertz CT molecular complexity index is 348.